The molecule has 0 spiro atoms. The second kappa shape index (κ2) is 11.9. The number of phenolic OH excluding ortho intramolecular Hbond substituents is 1. The number of para-hydroxylation sites is 2. The molecule has 3 aromatic heterocycles. The molecular weight excluding hydrogens is 627 g/mol. The van der Waals surface area contributed by atoms with Crippen molar-refractivity contribution in [3.63, 3.8) is 0 Å². The van der Waals surface area contributed by atoms with E-state index in [0.717, 1.165) is 66.6 Å². The molecular formula is C46H35N3O2. The molecule has 0 aliphatic heterocycles. The molecule has 0 amide bonds. The van der Waals surface area contributed by atoms with E-state index in [2.05, 4.69) is 115 Å². The van der Waals surface area contributed by atoms with E-state index >= 15 is 0 Å². The van der Waals surface area contributed by atoms with Crippen molar-refractivity contribution in [3.05, 3.63) is 157 Å². The van der Waals surface area contributed by atoms with E-state index in [4.69, 9.17) is 9.40 Å². The number of phenols is 1. The van der Waals surface area contributed by atoms with Gasteiger partial charge in [-0.2, -0.15) is 0 Å². The lowest BCUT2D eigenvalue weighted by molar-refractivity contribution is 0.477. The van der Waals surface area contributed by atoms with E-state index in [0.29, 0.717) is 17.0 Å². The zero-order valence-corrected chi connectivity index (χ0v) is 28.6. The van der Waals surface area contributed by atoms with Crippen LogP contribution in [0.2, 0.25) is 0 Å². The molecule has 6 aromatic carbocycles. The summed E-state index contributed by atoms with van der Waals surface area (Å²) in [6.07, 6.45) is 1.82. The van der Waals surface area contributed by atoms with Gasteiger partial charge in [0.05, 0.1) is 28.0 Å². The van der Waals surface area contributed by atoms with Gasteiger partial charge in [0.1, 0.15) is 22.7 Å². The van der Waals surface area contributed by atoms with E-state index in [-0.39, 0.29) is 11.2 Å². The molecule has 0 unspecified atom stereocenters. The molecule has 1 N–H and O–H groups in total. The van der Waals surface area contributed by atoms with Crippen LogP contribution in [0.3, 0.4) is 0 Å². The number of nitrogens with zero attached hydrogens (tertiary/aromatic N) is 3. The lowest BCUT2D eigenvalue weighted by atomic mass is 9.85. The normalized spacial score (nSPS) is 11.9. The highest BCUT2D eigenvalue weighted by Gasteiger charge is 2.25. The van der Waals surface area contributed by atoms with Gasteiger partial charge in [0.15, 0.2) is 0 Å². The van der Waals surface area contributed by atoms with Gasteiger partial charge in [-0.1, -0.05) is 112 Å². The number of benzene rings is 6. The zero-order valence-electron chi connectivity index (χ0n) is 28.6. The molecule has 246 valence electrons. The molecule has 5 nitrogen and oxygen atoms in total. The fraction of sp³-hybridized carbons (Fsp3) is 0.0870. The van der Waals surface area contributed by atoms with Crippen LogP contribution in [0.15, 0.2) is 156 Å². The highest BCUT2D eigenvalue weighted by atomic mass is 16.3. The van der Waals surface area contributed by atoms with Gasteiger partial charge in [0.25, 0.3) is 0 Å². The standard InChI is InChI=1S/C46H35N3O2/c1-46(2,3)32-22-23-39(35(26-32)29-13-5-4-6-14-29)49-40-20-12-18-33(30-15-11-16-31(25-30)38-19-9-10-24-47-38)44(40)48-45(49)37-28-43-36(27-41(37)50)34-17-7-8-21-42(34)51-43/h4-28,50H,1-3H3. The maximum Gasteiger partial charge on any atom is 0.149 e. The van der Waals surface area contributed by atoms with E-state index in [9.17, 15) is 5.11 Å². The Labute approximate surface area is 296 Å². The van der Waals surface area contributed by atoms with Crippen molar-refractivity contribution in [1.82, 2.24) is 14.5 Å². The summed E-state index contributed by atoms with van der Waals surface area (Å²) in [5.74, 6) is 0.760. The van der Waals surface area contributed by atoms with Crippen molar-refractivity contribution in [2.45, 2.75) is 26.2 Å². The Morgan fingerprint density at radius 3 is 2.18 bits per heavy atom. The van der Waals surface area contributed by atoms with Crippen LogP contribution >= 0.6 is 0 Å². The van der Waals surface area contributed by atoms with Crippen molar-refractivity contribution in [1.29, 1.82) is 0 Å². The average molecular weight is 662 g/mol. The van der Waals surface area contributed by atoms with Crippen molar-refractivity contribution in [2.75, 3.05) is 0 Å². The summed E-state index contributed by atoms with van der Waals surface area (Å²) < 4.78 is 8.52. The van der Waals surface area contributed by atoms with Crippen molar-refractivity contribution >= 4 is 33.0 Å². The number of aromatic hydroxyl groups is 1. The fourth-order valence-electron chi connectivity index (χ4n) is 7.12. The number of furan rings is 1. The maximum absolute atomic E-state index is 11.8. The number of pyridine rings is 1. The Morgan fingerprint density at radius 2 is 1.35 bits per heavy atom. The van der Waals surface area contributed by atoms with Crippen LogP contribution in [0, 0.1) is 0 Å². The van der Waals surface area contributed by atoms with Gasteiger partial charge >= 0.3 is 0 Å². The van der Waals surface area contributed by atoms with Crippen molar-refractivity contribution in [2.24, 2.45) is 0 Å². The summed E-state index contributed by atoms with van der Waals surface area (Å²) >= 11 is 0. The first-order valence-electron chi connectivity index (χ1n) is 17.2. The number of hydrogen-bond acceptors (Lipinski definition) is 4. The summed E-state index contributed by atoms with van der Waals surface area (Å²) in [6.45, 7) is 6.71. The first kappa shape index (κ1) is 30.6. The van der Waals surface area contributed by atoms with Crippen LogP contribution in [0.4, 0.5) is 0 Å². The van der Waals surface area contributed by atoms with Crippen LogP contribution < -0.4 is 0 Å². The highest BCUT2D eigenvalue weighted by Crippen LogP contribution is 2.43. The van der Waals surface area contributed by atoms with Gasteiger partial charge in [0, 0.05) is 33.7 Å². The highest BCUT2D eigenvalue weighted by molar-refractivity contribution is 6.07. The lowest BCUT2D eigenvalue weighted by Gasteiger charge is -2.23. The van der Waals surface area contributed by atoms with E-state index in [1.165, 1.54) is 5.56 Å². The fourth-order valence-corrected chi connectivity index (χ4v) is 7.12. The maximum atomic E-state index is 11.8. The molecule has 0 aliphatic carbocycles. The molecule has 0 atom stereocenters. The quantitative estimate of drug-likeness (QED) is 0.199. The van der Waals surface area contributed by atoms with Gasteiger partial charge in [-0.15, -0.1) is 0 Å². The molecule has 51 heavy (non-hydrogen) atoms. The van der Waals surface area contributed by atoms with Crippen molar-refractivity contribution < 1.29 is 9.52 Å². The zero-order chi connectivity index (χ0) is 34.7. The van der Waals surface area contributed by atoms with E-state index in [1.54, 1.807) is 6.07 Å². The first-order chi connectivity index (χ1) is 24.8. The van der Waals surface area contributed by atoms with Crippen LogP contribution in [-0.2, 0) is 5.41 Å². The largest absolute Gasteiger partial charge is 0.507 e. The number of rotatable bonds is 5. The Bertz CT molecular complexity index is 2740. The topological polar surface area (TPSA) is 64.1 Å². The molecule has 0 radical (unpaired) electrons. The minimum atomic E-state index is -0.0573. The summed E-state index contributed by atoms with van der Waals surface area (Å²) in [6, 6.07) is 49.5. The monoisotopic (exact) mass is 661 g/mol. The molecule has 0 saturated heterocycles. The van der Waals surface area contributed by atoms with Crippen LogP contribution in [0.5, 0.6) is 5.75 Å². The third-order valence-electron chi connectivity index (χ3n) is 9.74. The number of aromatic nitrogens is 3. The third-order valence-corrected chi connectivity index (χ3v) is 9.74. The summed E-state index contributed by atoms with van der Waals surface area (Å²) in [5, 5.41) is 13.6. The van der Waals surface area contributed by atoms with Crippen LogP contribution in [-0.4, -0.2) is 19.6 Å². The van der Waals surface area contributed by atoms with Gasteiger partial charge in [-0.05, 0) is 76.7 Å². The molecule has 0 aliphatic rings. The molecule has 9 aromatic rings. The van der Waals surface area contributed by atoms with Gasteiger partial charge in [0.2, 0.25) is 0 Å². The summed E-state index contributed by atoms with van der Waals surface area (Å²) in [5.41, 5.74) is 12.1. The number of hydrogen-bond donors (Lipinski definition) is 1. The second-order valence-electron chi connectivity index (χ2n) is 14.1. The summed E-state index contributed by atoms with van der Waals surface area (Å²) in [4.78, 5) is 10.0. The Kier molecular flexibility index (Phi) is 7.11. The smallest absolute Gasteiger partial charge is 0.149 e. The van der Waals surface area contributed by atoms with Gasteiger partial charge in [-0.25, -0.2) is 4.98 Å². The first-order valence-corrected chi connectivity index (χ1v) is 17.2. The Hall–Kier alpha value is -6.46. The molecule has 0 saturated carbocycles. The SMILES string of the molecule is CC(C)(C)c1ccc(-n2c(-c3cc4oc5ccccc5c4cc3O)nc3c(-c4cccc(-c5ccccn5)c4)cccc32)c(-c2ccccc2)c1. The minimum absolute atomic E-state index is 0.0573. The van der Waals surface area contributed by atoms with Gasteiger partial charge < -0.3 is 9.52 Å². The predicted molar refractivity (Wildman–Crippen MR) is 208 cm³/mol. The van der Waals surface area contributed by atoms with E-state index in [1.807, 2.05) is 60.8 Å². The Morgan fingerprint density at radius 1 is 0.588 bits per heavy atom. The average Bonchev–Trinajstić information content (AvgIpc) is 3.73. The molecule has 3 heterocycles. The molecule has 0 fully saturated rings. The predicted octanol–water partition coefficient (Wildman–Crippen LogP) is 12.0. The molecule has 5 heteroatoms. The van der Waals surface area contributed by atoms with Crippen LogP contribution in [0.25, 0.3) is 83.6 Å². The second-order valence-corrected chi connectivity index (χ2v) is 14.1. The van der Waals surface area contributed by atoms with Crippen LogP contribution in [0.1, 0.15) is 26.3 Å². The number of imidazole rings is 1. The number of fused-ring (bicyclic) bond motifs is 4. The van der Waals surface area contributed by atoms with Gasteiger partial charge in [-0.3, -0.25) is 9.55 Å². The Balaban J connectivity index is 1.35. The van der Waals surface area contributed by atoms with Crippen molar-refractivity contribution in [3.8, 4) is 56.3 Å². The molecule has 9 rings (SSSR count). The lowest BCUT2D eigenvalue weighted by Crippen LogP contribution is -2.12. The molecule has 0 bridgehead atoms. The minimum Gasteiger partial charge on any atom is -0.507 e. The third kappa shape index (κ3) is 5.26. The summed E-state index contributed by atoms with van der Waals surface area (Å²) in [7, 11) is 0. The van der Waals surface area contributed by atoms with E-state index < -0.39 is 0 Å².